The Kier molecular flexibility index (Phi) is 4.15. The van der Waals surface area contributed by atoms with Gasteiger partial charge in [0.25, 0.3) is 5.91 Å². The van der Waals surface area contributed by atoms with Crippen molar-refractivity contribution >= 4 is 12.0 Å². The number of nitrogens with one attached hydrogen (secondary N) is 1. The van der Waals surface area contributed by atoms with Gasteiger partial charge in [-0.1, -0.05) is 6.92 Å². The first kappa shape index (κ1) is 16.3. The third-order valence-electron chi connectivity index (χ3n) is 3.38. The summed E-state index contributed by atoms with van der Waals surface area (Å²) in [4.78, 5) is 25.7. The Bertz CT molecular complexity index is 588. The van der Waals surface area contributed by atoms with Gasteiger partial charge in [-0.3, -0.25) is 15.1 Å². The quantitative estimate of drug-likeness (QED) is 0.608. The van der Waals surface area contributed by atoms with Crippen LogP contribution in [0.4, 0.5) is 4.79 Å². The molecule has 1 aromatic rings. The lowest BCUT2D eigenvalue weighted by Gasteiger charge is -2.32. The second-order valence-electron chi connectivity index (χ2n) is 6.56. The van der Waals surface area contributed by atoms with Crippen LogP contribution < -0.4 is 0 Å². The molecule has 1 atom stereocenters. The number of amides is 2. The van der Waals surface area contributed by atoms with Gasteiger partial charge in [0.15, 0.2) is 5.69 Å². The van der Waals surface area contributed by atoms with Gasteiger partial charge in [-0.15, -0.1) is 0 Å². The van der Waals surface area contributed by atoms with E-state index in [1.807, 2.05) is 6.92 Å². The fourth-order valence-electron chi connectivity index (χ4n) is 2.42. The zero-order valence-electron chi connectivity index (χ0n) is 13.5. The van der Waals surface area contributed by atoms with E-state index in [9.17, 15) is 14.8 Å². The molecule has 0 aromatic carbocycles. The van der Waals surface area contributed by atoms with E-state index < -0.39 is 17.6 Å². The molecule has 2 rings (SSSR count). The van der Waals surface area contributed by atoms with Gasteiger partial charge in [-0.25, -0.2) is 9.86 Å². The van der Waals surface area contributed by atoms with E-state index >= 15 is 0 Å². The van der Waals surface area contributed by atoms with E-state index in [-0.39, 0.29) is 18.2 Å². The maximum Gasteiger partial charge on any atom is 0.410 e. The number of carbonyl (C=O) groups is 2. The van der Waals surface area contributed by atoms with Crippen molar-refractivity contribution in [1.29, 1.82) is 0 Å². The van der Waals surface area contributed by atoms with Crippen LogP contribution in [0.3, 0.4) is 0 Å². The van der Waals surface area contributed by atoms with E-state index in [1.165, 1.54) is 7.05 Å². The number of aromatic nitrogens is 2. The zero-order chi connectivity index (χ0) is 16.7. The standard InChI is InChI=1S/C14H22N4O4/c1-8-6-18(13(20)22-14(2,3)4)7-9-10(8)15-16-11(9)12(19)17(5)21/h8,21H,6-7H2,1-5H3,(H,15,16). The first-order valence-corrected chi connectivity index (χ1v) is 7.12. The number of hydroxylamine groups is 2. The summed E-state index contributed by atoms with van der Waals surface area (Å²) < 4.78 is 5.38. The molecule has 8 nitrogen and oxygen atoms in total. The largest absolute Gasteiger partial charge is 0.444 e. The molecule has 0 bridgehead atoms. The average molecular weight is 310 g/mol. The summed E-state index contributed by atoms with van der Waals surface area (Å²) in [5, 5.41) is 16.6. The van der Waals surface area contributed by atoms with Gasteiger partial charge < -0.3 is 9.64 Å². The lowest BCUT2D eigenvalue weighted by Crippen LogP contribution is -2.41. The molecule has 0 fully saturated rings. The molecule has 8 heteroatoms. The maximum atomic E-state index is 12.2. The molecule has 2 heterocycles. The molecular formula is C14H22N4O4. The highest BCUT2D eigenvalue weighted by molar-refractivity contribution is 5.93. The van der Waals surface area contributed by atoms with Gasteiger partial charge in [-0.2, -0.15) is 5.10 Å². The van der Waals surface area contributed by atoms with Crippen LogP contribution in [0.15, 0.2) is 0 Å². The van der Waals surface area contributed by atoms with Crippen molar-refractivity contribution in [2.45, 2.75) is 45.8 Å². The molecular weight excluding hydrogens is 288 g/mol. The van der Waals surface area contributed by atoms with E-state index in [0.717, 1.165) is 5.69 Å². The number of hydrogen-bond acceptors (Lipinski definition) is 5. The fraction of sp³-hybridized carbons (Fsp3) is 0.643. The molecule has 22 heavy (non-hydrogen) atoms. The summed E-state index contributed by atoms with van der Waals surface area (Å²) in [6.07, 6.45) is -0.429. The number of aromatic amines is 1. The smallest absolute Gasteiger partial charge is 0.410 e. The van der Waals surface area contributed by atoms with Crippen LogP contribution in [0, 0.1) is 0 Å². The third-order valence-corrected chi connectivity index (χ3v) is 3.38. The topological polar surface area (TPSA) is 98.8 Å². The molecule has 0 saturated heterocycles. The molecule has 0 aliphatic carbocycles. The van der Waals surface area contributed by atoms with Crippen LogP contribution in [0.5, 0.6) is 0 Å². The minimum absolute atomic E-state index is 0.00526. The highest BCUT2D eigenvalue weighted by Crippen LogP contribution is 2.29. The van der Waals surface area contributed by atoms with Crippen molar-refractivity contribution in [2.75, 3.05) is 13.6 Å². The van der Waals surface area contributed by atoms with Crippen LogP contribution in [0.25, 0.3) is 0 Å². The summed E-state index contributed by atoms with van der Waals surface area (Å²) in [5.41, 5.74) is 0.974. The van der Waals surface area contributed by atoms with Gasteiger partial charge in [0, 0.05) is 30.8 Å². The SMILES string of the molecule is CC1CN(C(=O)OC(C)(C)C)Cc2c(C(=O)N(C)O)n[nH]c21. The fourth-order valence-corrected chi connectivity index (χ4v) is 2.42. The number of fused-ring (bicyclic) bond motifs is 1. The average Bonchev–Trinajstić information content (AvgIpc) is 2.79. The first-order chi connectivity index (χ1) is 10.1. The molecule has 1 aliphatic rings. The van der Waals surface area contributed by atoms with E-state index in [2.05, 4.69) is 10.2 Å². The predicted molar refractivity (Wildman–Crippen MR) is 77.5 cm³/mol. The molecule has 1 unspecified atom stereocenters. The molecule has 1 aromatic heterocycles. The third kappa shape index (κ3) is 3.22. The van der Waals surface area contributed by atoms with Crippen LogP contribution in [-0.4, -0.2) is 56.6 Å². The second kappa shape index (κ2) is 5.60. The van der Waals surface area contributed by atoms with Crippen LogP contribution in [0.2, 0.25) is 0 Å². The summed E-state index contributed by atoms with van der Waals surface area (Å²) in [6, 6.07) is 0. The lowest BCUT2D eigenvalue weighted by atomic mass is 9.96. The number of H-pyrrole nitrogens is 1. The highest BCUT2D eigenvalue weighted by atomic mass is 16.6. The van der Waals surface area contributed by atoms with Crippen molar-refractivity contribution in [2.24, 2.45) is 0 Å². The lowest BCUT2D eigenvalue weighted by molar-refractivity contribution is -0.0381. The first-order valence-electron chi connectivity index (χ1n) is 7.12. The summed E-state index contributed by atoms with van der Waals surface area (Å²) in [6.45, 7) is 8.04. The molecule has 0 spiro atoms. The Morgan fingerprint density at radius 1 is 1.45 bits per heavy atom. The Labute approximate surface area is 129 Å². The van der Waals surface area contributed by atoms with E-state index in [4.69, 9.17) is 4.74 Å². The zero-order valence-corrected chi connectivity index (χ0v) is 13.5. The molecule has 2 N–H and O–H groups in total. The maximum absolute atomic E-state index is 12.2. The Hall–Kier alpha value is -2.09. The Balaban J connectivity index is 2.26. The van der Waals surface area contributed by atoms with Gasteiger partial charge in [0.05, 0.1) is 6.54 Å². The second-order valence-corrected chi connectivity index (χ2v) is 6.56. The molecule has 1 aliphatic heterocycles. The minimum Gasteiger partial charge on any atom is -0.444 e. The summed E-state index contributed by atoms with van der Waals surface area (Å²) in [7, 11) is 1.24. The highest BCUT2D eigenvalue weighted by Gasteiger charge is 2.34. The van der Waals surface area contributed by atoms with E-state index in [1.54, 1.807) is 25.7 Å². The van der Waals surface area contributed by atoms with Crippen LogP contribution in [0.1, 0.15) is 55.4 Å². The molecule has 122 valence electrons. The van der Waals surface area contributed by atoms with Gasteiger partial charge in [0.2, 0.25) is 0 Å². The minimum atomic E-state index is -0.615. The van der Waals surface area contributed by atoms with Crippen molar-refractivity contribution < 1.29 is 19.5 Å². The number of hydrogen-bond donors (Lipinski definition) is 2. The van der Waals surface area contributed by atoms with Crippen molar-refractivity contribution in [3.05, 3.63) is 17.0 Å². The van der Waals surface area contributed by atoms with Crippen LogP contribution >= 0.6 is 0 Å². The van der Waals surface area contributed by atoms with Crippen molar-refractivity contribution in [1.82, 2.24) is 20.2 Å². The van der Waals surface area contributed by atoms with Crippen LogP contribution in [-0.2, 0) is 11.3 Å². The number of ether oxygens (including phenoxy) is 1. The van der Waals surface area contributed by atoms with E-state index in [0.29, 0.717) is 17.2 Å². The molecule has 0 saturated carbocycles. The van der Waals surface area contributed by atoms with Gasteiger partial charge in [0.1, 0.15) is 5.60 Å². The summed E-state index contributed by atoms with van der Waals surface area (Å²) in [5.74, 6) is -0.620. The summed E-state index contributed by atoms with van der Waals surface area (Å²) >= 11 is 0. The molecule has 2 amide bonds. The Morgan fingerprint density at radius 3 is 2.64 bits per heavy atom. The monoisotopic (exact) mass is 310 g/mol. The Morgan fingerprint density at radius 2 is 2.09 bits per heavy atom. The van der Waals surface area contributed by atoms with Gasteiger partial charge >= 0.3 is 6.09 Å². The normalized spacial score (nSPS) is 17.9. The number of rotatable bonds is 1. The van der Waals surface area contributed by atoms with Gasteiger partial charge in [-0.05, 0) is 20.8 Å². The number of carbonyl (C=O) groups excluding carboxylic acids is 2. The van der Waals surface area contributed by atoms with Crippen molar-refractivity contribution in [3.8, 4) is 0 Å². The molecule has 0 radical (unpaired) electrons. The number of nitrogens with zero attached hydrogens (tertiary/aromatic N) is 3. The van der Waals surface area contributed by atoms with Crippen molar-refractivity contribution in [3.63, 3.8) is 0 Å². The predicted octanol–water partition coefficient (Wildman–Crippen LogP) is 1.73.